The van der Waals surface area contributed by atoms with Crippen molar-refractivity contribution in [3.05, 3.63) is 207 Å². The number of phosphoric acid groups is 2. The zero-order valence-corrected chi connectivity index (χ0v) is 84.7. The van der Waals surface area contributed by atoms with Gasteiger partial charge in [-0.15, -0.1) is 0 Å². The number of phosphoric ester groups is 2. The van der Waals surface area contributed by atoms with Gasteiger partial charge in [-0.05, 0) is 167 Å². The average molecular weight is 1870 g/mol. The van der Waals surface area contributed by atoms with E-state index in [1.54, 1.807) is 0 Å². The molecule has 0 saturated heterocycles. The van der Waals surface area contributed by atoms with Crippen LogP contribution in [0.3, 0.4) is 0 Å². The highest BCUT2D eigenvalue weighted by Gasteiger charge is 2.30. The molecule has 0 aromatic rings. The van der Waals surface area contributed by atoms with E-state index in [1.165, 1.54) is 173 Å². The predicted octanol–water partition coefficient (Wildman–Crippen LogP) is 33.5. The summed E-state index contributed by atoms with van der Waals surface area (Å²) in [5, 5.41) is 20.8. The second kappa shape index (κ2) is 103. The van der Waals surface area contributed by atoms with Gasteiger partial charge in [0, 0.05) is 19.3 Å². The summed E-state index contributed by atoms with van der Waals surface area (Å²) < 4.78 is 61.8. The third-order valence-electron chi connectivity index (χ3n) is 22.0. The van der Waals surface area contributed by atoms with Crippen LogP contribution in [0, 0.1) is 0 Å². The monoisotopic (exact) mass is 1870 g/mol. The van der Waals surface area contributed by atoms with Gasteiger partial charge in [-0.2, -0.15) is 0 Å². The van der Waals surface area contributed by atoms with Crippen LogP contribution in [-0.2, 0) is 55.8 Å². The number of carbonyl (C=O) groups is 3. The maximum absolute atomic E-state index is 13.1. The molecule has 0 heterocycles. The molecule has 0 bridgehead atoms. The summed E-state index contributed by atoms with van der Waals surface area (Å²) in [5.41, 5.74) is 0. The van der Waals surface area contributed by atoms with Gasteiger partial charge in [-0.3, -0.25) is 32.5 Å². The minimum atomic E-state index is -4.95. The zero-order valence-electron chi connectivity index (χ0n) is 82.9. The van der Waals surface area contributed by atoms with Gasteiger partial charge in [0.05, 0.1) is 26.4 Å². The normalized spacial score (nSPS) is 14.5. The number of rotatable bonds is 98. The van der Waals surface area contributed by atoms with E-state index >= 15 is 0 Å². The lowest BCUT2D eigenvalue weighted by molar-refractivity contribution is -0.161. The van der Waals surface area contributed by atoms with Crippen molar-refractivity contribution in [2.75, 3.05) is 39.6 Å². The molecule has 0 amide bonds. The number of unbranched alkanes of at least 4 members (excludes halogenated alkanes) is 41. The smallest absolute Gasteiger partial charge is 0.463 e. The largest absolute Gasteiger partial charge is 0.472 e. The van der Waals surface area contributed by atoms with Crippen LogP contribution in [0.25, 0.3) is 0 Å². The van der Waals surface area contributed by atoms with E-state index in [1.807, 2.05) is 0 Å². The Balaban J connectivity index is 4.63. The van der Waals surface area contributed by atoms with E-state index in [9.17, 15) is 43.5 Å². The Bertz CT molecular complexity index is 3210. The highest BCUT2D eigenvalue weighted by Crippen LogP contribution is 2.45. The van der Waals surface area contributed by atoms with Crippen LogP contribution in [0.4, 0.5) is 0 Å². The molecule has 0 aliphatic heterocycles. The Morgan fingerprint density at radius 1 is 0.214 bits per heavy atom. The third-order valence-corrected chi connectivity index (χ3v) is 23.9. The summed E-state index contributed by atoms with van der Waals surface area (Å²) in [7, 11) is -9.83. The van der Waals surface area contributed by atoms with Crippen molar-refractivity contribution >= 4 is 33.6 Å². The molecule has 131 heavy (non-hydrogen) atoms. The maximum atomic E-state index is 13.1. The second-order valence-electron chi connectivity index (χ2n) is 34.6. The lowest BCUT2D eigenvalue weighted by Gasteiger charge is -2.21. The zero-order chi connectivity index (χ0) is 95.0. The minimum absolute atomic E-state index is 0.0982. The molecule has 5 unspecified atom stereocenters. The van der Waals surface area contributed by atoms with Gasteiger partial charge in [0.25, 0.3) is 0 Å². The van der Waals surface area contributed by atoms with Gasteiger partial charge in [0.1, 0.15) is 25.4 Å². The third kappa shape index (κ3) is 104. The van der Waals surface area contributed by atoms with Crippen LogP contribution >= 0.6 is 15.6 Å². The van der Waals surface area contributed by atoms with Crippen LogP contribution in [0.2, 0.25) is 0 Å². The molecule has 748 valence electrons. The van der Waals surface area contributed by atoms with Gasteiger partial charge in [-0.1, -0.05) is 452 Å². The molecule has 0 aliphatic rings. The molecule has 5 atom stereocenters. The number of aliphatic hydroxyl groups excluding tert-OH is 2. The molecule has 16 nitrogen and oxygen atoms in total. The van der Waals surface area contributed by atoms with Crippen LogP contribution in [0.15, 0.2) is 207 Å². The van der Waals surface area contributed by atoms with Crippen LogP contribution in [-0.4, -0.2) is 95.9 Å². The van der Waals surface area contributed by atoms with Crippen molar-refractivity contribution in [1.29, 1.82) is 0 Å². The average Bonchev–Trinajstić information content (AvgIpc) is 0.899. The van der Waals surface area contributed by atoms with Crippen molar-refractivity contribution in [3.8, 4) is 0 Å². The number of hydrogen-bond acceptors (Lipinski definition) is 14. The number of ether oxygens (including phenoxy) is 3. The second-order valence-corrected chi connectivity index (χ2v) is 37.5. The number of allylic oxidation sites excluding steroid dienone is 34. The van der Waals surface area contributed by atoms with E-state index in [2.05, 4.69) is 227 Å². The highest BCUT2D eigenvalue weighted by atomic mass is 31.2. The van der Waals surface area contributed by atoms with Crippen molar-refractivity contribution in [2.45, 2.75) is 450 Å². The van der Waals surface area contributed by atoms with E-state index in [0.717, 1.165) is 199 Å². The first kappa shape index (κ1) is 125. The molecule has 0 spiro atoms. The molecular weight excluding hydrogens is 1680 g/mol. The van der Waals surface area contributed by atoms with E-state index in [4.69, 9.17) is 32.3 Å². The van der Waals surface area contributed by atoms with Gasteiger partial charge >= 0.3 is 33.6 Å². The van der Waals surface area contributed by atoms with Gasteiger partial charge in [0.2, 0.25) is 0 Å². The molecule has 0 rings (SSSR count). The Hall–Kier alpha value is -5.87. The van der Waals surface area contributed by atoms with E-state index < -0.39 is 91.5 Å². The molecule has 0 radical (unpaired) electrons. The fourth-order valence-corrected chi connectivity index (χ4v) is 15.8. The number of esters is 3. The Morgan fingerprint density at radius 3 is 0.603 bits per heavy atom. The number of carbonyl (C=O) groups excluding carboxylic acids is 3. The quantitative estimate of drug-likeness (QED) is 0.0146. The summed E-state index contributed by atoms with van der Waals surface area (Å²) in [5.74, 6) is -1.57. The molecule has 4 N–H and O–H groups in total. The van der Waals surface area contributed by atoms with Crippen molar-refractivity contribution < 1.29 is 75.8 Å². The lowest BCUT2D eigenvalue weighted by Crippen LogP contribution is -2.30. The molecule has 0 saturated carbocycles. The summed E-state index contributed by atoms with van der Waals surface area (Å²) in [6.07, 6.45) is 140. The molecule has 0 fully saturated rings. The first-order valence-corrected chi connectivity index (χ1v) is 55.4. The van der Waals surface area contributed by atoms with Crippen LogP contribution in [0.5, 0.6) is 0 Å². The van der Waals surface area contributed by atoms with E-state index in [-0.39, 0.29) is 19.3 Å². The molecular formula is C113H190O16P2. The summed E-state index contributed by atoms with van der Waals surface area (Å²) >= 11 is 0. The first-order chi connectivity index (χ1) is 64.2. The SMILES string of the molecule is CC/C=C\C/C=C\C/C=C\C/C=C\C/C=C\C/C=C\CCCCCCCCCCCCCCCCC(=O)OCC(O)COP(=O)(O)OCC(O)COP(=O)(O)OCC(COC(=O)CCCCCCCCCCCCCCCC/C=C\C/C=C\C/C=C\C/C=C\C/C=C\C/C=C\CC)OC(=O)CCCCCCCCCCCCCCC/C=C\C/C=C\C/C=C\C/C=C\C/C=C\CC. The van der Waals surface area contributed by atoms with Crippen LogP contribution < -0.4 is 0 Å². The summed E-state index contributed by atoms with van der Waals surface area (Å²) in [6, 6.07) is 0. The Morgan fingerprint density at radius 2 is 0.382 bits per heavy atom. The predicted molar refractivity (Wildman–Crippen MR) is 555 cm³/mol. The van der Waals surface area contributed by atoms with Gasteiger partial charge in [0.15, 0.2) is 6.10 Å². The van der Waals surface area contributed by atoms with E-state index in [0.29, 0.717) is 19.3 Å². The van der Waals surface area contributed by atoms with Crippen LogP contribution in [0.1, 0.15) is 432 Å². The summed E-state index contributed by atoms with van der Waals surface area (Å²) in [4.78, 5) is 59.3. The molecule has 0 aromatic carbocycles. The molecule has 0 aromatic heterocycles. The topological polar surface area (TPSA) is 231 Å². The van der Waals surface area contributed by atoms with Gasteiger partial charge in [-0.25, -0.2) is 9.13 Å². The lowest BCUT2D eigenvalue weighted by atomic mass is 10.0. The molecule has 0 aliphatic carbocycles. The highest BCUT2D eigenvalue weighted by molar-refractivity contribution is 7.47. The van der Waals surface area contributed by atoms with Gasteiger partial charge < -0.3 is 34.2 Å². The first-order valence-electron chi connectivity index (χ1n) is 52.4. The Labute approximate surface area is 800 Å². The minimum Gasteiger partial charge on any atom is -0.463 e. The fourth-order valence-electron chi connectivity index (χ4n) is 14.2. The van der Waals surface area contributed by atoms with Crippen molar-refractivity contribution in [1.82, 2.24) is 0 Å². The fraction of sp³-hybridized carbons (Fsp3) is 0.673. The Kier molecular flexibility index (Phi) is 98.4. The number of hydrogen-bond donors (Lipinski definition) is 4. The number of aliphatic hydroxyl groups is 2. The molecule has 18 heteroatoms. The standard InChI is InChI=1S/C113H190O16P2/c1-4-7-10-13-16-19-22-25-28-31-34-37-40-43-46-49-51-53-55-58-60-63-66-69-72-75-78-81-84-87-90-93-96-99-111(116)123-102-108(114)103-125-130(119,120)126-104-109(115)105-127-131(121,122)128-107-110(129-113(118)101-98-95-92-89-86-83-80-77-74-71-68-65-62-57-48-45-42-39-36-33-30-27-24-21-18-15-12-9-6-3)106-124-112(117)100-97-94-91-88-85-82-79-76-73-70-67-64-61-59-56-54-52-50-47-44-41-38-35-32-29-26-23-20-17-14-11-8-5-2/h7-12,16-21,25-30,34-39,43-48,51-54,108-110,114-115H,4-6,13-15,22-24,31-33,40-42,49-50,55-107H2,1-3H3,(H,119,120)(H,121,122)/b10-7-,11-8-,12-9-,19-16-,20-17-,21-18-,28-25-,29-26-,30-27-,37-34-,38-35-,39-36-,46-43-,47-44-,48-45-,53-51-,54-52-. The summed E-state index contributed by atoms with van der Waals surface area (Å²) in [6.45, 7) is 2.40. The van der Waals surface area contributed by atoms with Crippen molar-refractivity contribution in [2.24, 2.45) is 0 Å². The maximum Gasteiger partial charge on any atom is 0.472 e. The van der Waals surface area contributed by atoms with Crippen molar-refractivity contribution in [3.63, 3.8) is 0 Å².